The molecule has 0 aliphatic carbocycles. The average Bonchev–Trinajstić information content (AvgIpc) is 3.40. The van der Waals surface area contributed by atoms with Crippen molar-refractivity contribution >= 4 is 24.1 Å². The molecule has 0 radical (unpaired) electrons. The number of nitrogens with one attached hydrogen (secondary N) is 1. The standard InChI is InChI=1S/C28H30F2N2O7/c1-36-13-14-37-28(35)39-18-38-26(25(33)17-31)16-27(34)32-12-2-3-23(32)15-24(19-4-8-21(29)9-5-19)20-6-10-22(30)11-7-20/h4-11,16-17,23-24,31H,2-3,12-15,18H2,1H3/b26-16-,31-17?/t23-/m1/s1. The Bertz CT molecular complexity index is 1120. The Kier molecular flexibility index (Phi) is 11.1. The number of hydrogen-bond donors (Lipinski definition) is 1. The van der Waals surface area contributed by atoms with E-state index >= 15 is 0 Å². The fraction of sp³-hybridized carbons (Fsp3) is 0.357. The lowest BCUT2D eigenvalue weighted by atomic mass is 9.85. The monoisotopic (exact) mass is 544 g/mol. The van der Waals surface area contributed by atoms with E-state index in [1.165, 1.54) is 31.4 Å². The molecule has 3 rings (SSSR count). The highest BCUT2D eigenvalue weighted by Crippen LogP contribution is 2.34. The highest BCUT2D eigenvalue weighted by Gasteiger charge is 2.32. The first-order valence-electron chi connectivity index (χ1n) is 12.3. The molecule has 0 spiro atoms. The van der Waals surface area contributed by atoms with Crippen molar-refractivity contribution in [3.8, 4) is 0 Å². The van der Waals surface area contributed by atoms with Gasteiger partial charge in [-0.3, -0.25) is 9.59 Å². The van der Waals surface area contributed by atoms with E-state index in [1.54, 1.807) is 29.2 Å². The summed E-state index contributed by atoms with van der Waals surface area (Å²) in [6.45, 7) is -0.149. The SMILES string of the molecule is COCCOC(=O)OCO/C(=C\C(=O)N1CCC[C@@H]1CC(c1ccc(F)cc1)c1ccc(F)cc1)C(=O)C=N. The van der Waals surface area contributed by atoms with Crippen molar-refractivity contribution in [1.29, 1.82) is 5.41 Å². The minimum Gasteiger partial charge on any atom is -0.453 e. The van der Waals surface area contributed by atoms with E-state index in [0.29, 0.717) is 25.6 Å². The molecule has 0 aromatic heterocycles. The Morgan fingerprint density at radius 1 is 0.974 bits per heavy atom. The zero-order valence-electron chi connectivity index (χ0n) is 21.4. The molecule has 1 atom stereocenters. The lowest BCUT2D eigenvalue weighted by molar-refractivity contribution is -0.128. The number of rotatable bonds is 13. The summed E-state index contributed by atoms with van der Waals surface area (Å²) in [5.74, 6) is -2.86. The lowest BCUT2D eigenvalue weighted by Crippen LogP contribution is -2.36. The number of halogens is 2. The van der Waals surface area contributed by atoms with Gasteiger partial charge >= 0.3 is 6.16 Å². The highest BCUT2D eigenvalue weighted by molar-refractivity contribution is 6.34. The van der Waals surface area contributed by atoms with Gasteiger partial charge in [0.15, 0.2) is 5.76 Å². The number of ketones is 1. The van der Waals surface area contributed by atoms with E-state index in [9.17, 15) is 23.2 Å². The topological polar surface area (TPSA) is 115 Å². The van der Waals surface area contributed by atoms with E-state index in [4.69, 9.17) is 24.4 Å². The molecule has 9 nitrogen and oxygen atoms in total. The molecule has 1 N–H and O–H groups in total. The van der Waals surface area contributed by atoms with E-state index < -0.39 is 30.4 Å². The van der Waals surface area contributed by atoms with Crippen LogP contribution in [0.25, 0.3) is 0 Å². The lowest BCUT2D eigenvalue weighted by Gasteiger charge is -2.28. The second kappa shape index (κ2) is 14.7. The number of carbonyl (C=O) groups excluding carboxylic acids is 3. The number of methoxy groups -OCH3 is 1. The van der Waals surface area contributed by atoms with Gasteiger partial charge in [0, 0.05) is 31.7 Å². The normalized spacial score (nSPS) is 15.2. The molecule has 1 heterocycles. The molecule has 2 aromatic rings. The van der Waals surface area contributed by atoms with Crippen LogP contribution in [0.15, 0.2) is 60.4 Å². The maximum absolute atomic E-state index is 13.6. The molecule has 11 heteroatoms. The first-order chi connectivity index (χ1) is 18.8. The van der Waals surface area contributed by atoms with Crippen LogP contribution in [0.4, 0.5) is 13.6 Å². The van der Waals surface area contributed by atoms with Crippen LogP contribution in [0, 0.1) is 17.0 Å². The van der Waals surface area contributed by atoms with Gasteiger partial charge in [-0.15, -0.1) is 0 Å². The molecule has 39 heavy (non-hydrogen) atoms. The largest absolute Gasteiger partial charge is 0.511 e. The summed E-state index contributed by atoms with van der Waals surface area (Å²) >= 11 is 0. The summed E-state index contributed by atoms with van der Waals surface area (Å²) in [7, 11) is 1.44. The molecule has 2 aromatic carbocycles. The average molecular weight is 545 g/mol. The van der Waals surface area contributed by atoms with Gasteiger partial charge in [-0.2, -0.15) is 0 Å². The quantitative estimate of drug-likeness (QED) is 0.0995. The molecule has 0 saturated carbocycles. The predicted molar refractivity (Wildman–Crippen MR) is 136 cm³/mol. The Morgan fingerprint density at radius 3 is 2.15 bits per heavy atom. The van der Waals surface area contributed by atoms with Gasteiger partial charge in [-0.1, -0.05) is 24.3 Å². The van der Waals surface area contributed by atoms with Gasteiger partial charge in [0.2, 0.25) is 12.6 Å². The minimum absolute atomic E-state index is 0.0386. The number of benzene rings is 2. The molecule has 1 aliphatic heterocycles. The van der Waals surface area contributed by atoms with Crippen LogP contribution in [-0.2, 0) is 28.5 Å². The highest BCUT2D eigenvalue weighted by atomic mass is 19.1. The van der Waals surface area contributed by atoms with E-state index in [1.807, 2.05) is 0 Å². The summed E-state index contributed by atoms with van der Waals surface area (Å²) in [4.78, 5) is 38.5. The smallest absolute Gasteiger partial charge is 0.453 e. The number of amides is 1. The number of allylic oxidation sites excluding steroid dienone is 1. The van der Waals surface area contributed by atoms with Crippen LogP contribution in [-0.4, -0.2) is 68.7 Å². The van der Waals surface area contributed by atoms with Crippen LogP contribution in [0.5, 0.6) is 0 Å². The number of nitrogens with zero attached hydrogens (tertiary/aromatic N) is 1. The molecular formula is C28H30F2N2O7. The van der Waals surface area contributed by atoms with Crippen molar-refractivity contribution < 1.29 is 42.1 Å². The Balaban J connectivity index is 1.73. The summed E-state index contributed by atoms with van der Waals surface area (Å²) in [6.07, 6.45) is 2.28. The van der Waals surface area contributed by atoms with Gasteiger partial charge in [-0.25, -0.2) is 13.6 Å². The second-order valence-electron chi connectivity index (χ2n) is 8.73. The van der Waals surface area contributed by atoms with Gasteiger partial charge in [0.25, 0.3) is 5.91 Å². The van der Waals surface area contributed by atoms with E-state index in [-0.39, 0.29) is 36.8 Å². The molecule has 0 unspecified atom stereocenters. The Hall–Kier alpha value is -4.12. The maximum atomic E-state index is 13.6. The third-order valence-electron chi connectivity index (χ3n) is 6.24. The van der Waals surface area contributed by atoms with Gasteiger partial charge in [0.05, 0.1) is 12.8 Å². The third kappa shape index (κ3) is 8.71. The van der Waals surface area contributed by atoms with Crippen molar-refractivity contribution in [2.24, 2.45) is 0 Å². The minimum atomic E-state index is -1.05. The first kappa shape index (κ1) is 29.4. The number of carbonyl (C=O) groups is 3. The van der Waals surface area contributed by atoms with Crippen LogP contribution >= 0.6 is 0 Å². The Morgan fingerprint density at radius 2 is 1.59 bits per heavy atom. The van der Waals surface area contributed by atoms with E-state index in [2.05, 4.69) is 0 Å². The van der Waals surface area contributed by atoms with Crippen molar-refractivity contribution in [1.82, 2.24) is 4.90 Å². The first-order valence-corrected chi connectivity index (χ1v) is 12.3. The Labute approximate surface area is 224 Å². The summed E-state index contributed by atoms with van der Waals surface area (Å²) in [5.41, 5.74) is 1.63. The molecule has 0 bridgehead atoms. The molecule has 208 valence electrons. The molecule has 1 saturated heterocycles. The molecule has 1 fully saturated rings. The second-order valence-corrected chi connectivity index (χ2v) is 8.73. The van der Waals surface area contributed by atoms with Gasteiger partial charge in [-0.05, 0) is 54.7 Å². The zero-order valence-corrected chi connectivity index (χ0v) is 21.4. The molecule has 1 amide bonds. The maximum Gasteiger partial charge on any atom is 0.511 e. The van der Waals surface area contributed by atoms with Crippen LogP contribution in [0.3, 0.4) is 0 Å². The number of Topliss-reactive ketones (excluding diaryl/α,β-unsaturated/α-hetero) is 1. The van der Waals surface area contributed by atoms with Gasteiger partial charge < -0.3 is 29.3 Å². The summed E-state index contributed by atoms with van der Waals surface area (Å²) in [5, 5.41) is 7.26. The van der Waals surface area contributed by atoms with Crippen LogP contribution in [0.1, 0.15) is 36.3 Å². The van der Waals surface area contributed by atoms with Gasteiger partial charge in [0.1, 0.15) is 18.2 Å². The van der Waals surface area contributed by atoms with Crippen molar-refractivity contribution in [2.75, 3.05) is 33.7 Å². The number of ether oxygens (including phenoxy) is 4. The van der Waals surface area contributed by atoms with Crippen molar-refractivity contribution in [3.05, 3.63) is 83.1 Å². The fourth-order valence-corrected chi connectivity index (χ4v) is 4.34. The van der Waals surface area contributed by atoms with E-state index in [0.717, 1.165) is 23.6 Å². The molecule has 1 aliphatic rings. The summed E-state index contributed by atoms with van der Waals surface area (Å²) in [6, 6.07) is 11.8. The zero-order chi connectivity index (χ0) is 28.2. The van der Waals surface area contributed by atoms with Crippen LogP contribution in [0.2, 0.25) is 0 Å². The predicted octanol–water partition coefficient (Wildman–Crippen LogP) is 4.35. The van der Waals surface area contributed by atoms with Crippen LogP contribution < -0.4 is 0 Å². The molecular weight excluding hydrogens is 514 g/mol. The number of hydrogen-bond acceptors (Lipinski definition) is 8. The third-order valence-corrected chi connectivity index (χ3v) is 6.24. The van der Waals surface area contributed by atoms with Crippen molar-refractivity contribution in [2.45, 2.75) is 31.2 Å². The fourth-order valence-electron chi connectivity index (χ4n) is 4.34. The van der Waals surface area contributed by atoms with Crippen molar-refractivity contribution in [3.63, 3.8) is 0 Å². The summed E-state index contributed by atoms with van der Waals surface area (Å²) < 4.78 is 46.5. The number of likely N-dealkylation sites (tertiary alicyclic amines) is 1.